The molecule has 0 spiro atoms. The highest BCUT2D eigenvalue weighted by Crippen LogP contribution is 2.54. The molecule has 0 amide bonds. The second kappa shape index (κ2) is 15.8. The maximum atomic E-state index is 12.3. The number of hydrogen-bond acceptors (Lipinski definition) is 10. The number of carboxylic acid groups (broad SMARTS) is 2. The number of hydrogen-bond donors (Lipinski definition) is 8. The number of phenolic OH excluding ortho intramolecular Hbond substituents is 6. The first-order valence-electron chi connectivity index (χ1n) is 18.1. The van der Waals surface area contributed by atoms with Crippen LogP contribution in [-0.4, -0.2) is 77.3 Å². The van der Waals surface area contributed by atoms with Gasteiger partial charge in [-0.3, -0.25) is 9.98 Å². The third-order valence-electron chi connectivity index (χ3n) is 9.72. The van der Waals surface area contributed by atoms with Crippen LogP contribution in [-0.2, 0) is 9.59 Å². The number of aliphatic carboxylic acids is 2. The van der Waals surface area contributed by atoms with Gasteiger partial charge in [-0.05, 0) is 72.3 Å². The summed E-state index contributed by atoms with van der Waals surface area (Å²) in [4.78, 5) is 32.7. The highest BCUT2D eigenvalue weighted by Gasteiger charge is 2.30. The summed E-state index contributed by atoms with van der Waals surface area (Å²) < 4.78 is 0. The van der Waals surface area contributed by atoms with Gasteiger partial charge in [0.05, 0.1) is 0 Å². The molecule has 0 aliphatic heterocycles. The maximum Gasteiger partial charge on any atom is 0.328 e. The highest BCUT2D eigenvalue weighted by molar-refractivity contribution is 6.15. The molecule has 0 aliphatic rings. The largest absolute Gasteiger partial charge is 0.507 e. The molecule has 0 radical (unpaired) electrons. The van der Waals surface area contributed by atoms with Gasteiger partial charge in [0.1, 0.15) is 23.6 Å². The molecule has 4 aromatic rings. The fourth-order valence-electron chi connectivity index (χ4n) is 7.30. The van der Waals surface area contributed by atoms with E-state index in [2.05, 4.69) is 9.98 Å². The number of rotatable bonds is 13. The van der Waals surface area contributed by atoms with Gasteiger partial charge in [-0.2, -0.15) is 0 Å². The lowest BCUT2D eigenvalue weighted by Gasteiger charge is -2.23. The zero-order valence-corrected chi connectivity index (χ0v) is 32.5. The van der Waals surface area contributed by atoms with Gasteiger partial charge in [-0.1, -0.05) is 67.5 Å². The Morgan fingerprint density at radius 3 is 1.13 bits per heavy atom. The van der Waals surface area contributed by atoms with E-state index in [4.69, 9.17) is 0 Å². The van der Waals surface area contributed by atoms with Crippen LogP contribution in [0.1, 0.15) is 113 Å². The molecule has 290 valence electrons. The number of aryl methyl sites for hydroxylation is 2. The summed E-state index contributed by atoms with van der Waals surface area (Å²) >= 11 is 0. The summed E-state index contributed by atoms with van der Waals surface area (Å²) in [6.07, 6.45) is 2.65. The van der Waals surface area contributed by atoms with Crippen molar-refractivity contribution in [1.82, 2.24) is 0 Å². The first-order valence-corrected chi connectivity index (χ1v) is 18.1. The average molecular weight is 745 g/mol. The number of carboxylic acids is 2. The van der Waals surface area contributed by atoms with E-state index in [-0.39, 0.29) is 69.5 Å². The molecular formula is C42H52N2O10. The number of aromatic hydroxyl groups is 6. The molecule has 0 aliphatic carbocycles. The molecule has 54 heavy (non-hydrogen) atoms. The van der Waals surface area contributed by atoms with E-state index in [0.29, 0.717) is 33.0 Å². The SMILES string of the molecule is Cc1cc2c(C(C)C)c(O)c(O)c(C=N[C@@H](CC(C)C)C(=O)O)c2c(O)c1-c1c(C)cc2c(C(C)C)c(O)c(O)c(C=N[C@@H](CC(C)C)C(=O)O)c2c1O. The van der Waals surface area contributed by atoms with Crippen molar-refractivity contribution in [2.75, 3.05) is 0 Å². The standard InChI is InChI=1S/C42H52N2O10/c1-17(2)11-27(41(51)52)43-15-25-33-23(29(19(5)6)39(49)35(25)45)13-21(9)31(37(33)47)32-22(10)14-24-30(20(7)8)40(50)36(46)26(34(24)38(32)48)16-44-28(42(53)54)12-18(3)4/h13-20,27-28,45-50H,11-12H2,1-10H3,(H,51,52)(H,53,54)/t27-,28-/m0/s1. The number of aliphatic imine (C=N–C) groups is 2. The van der Waals surface area contributed by atoms with Crippen LogP contribution in [0, 0.1) is 25.7 Å². The number of carbonyl (C=O) groups is 2. The van der Waals surface area contributed by atoms with Crippen molar-refractivity contribution in [1.29, 1.82) is 0 Å². The molecule has 8 N–H and O–H groups in total. The fourth-order valence-corrected chi connectivity index (χ4v) is 7.30. The smallest absolute Gasteiger partial charge is 0.328 e. The predicted molar refractivity (Wildman–Crippen MR) is 211 cm³/mol. The van der Waals surface area contributed by atoms with Crippen LogP contribution in [0.25, 0.3) is 32.7 Å². The monoisotopic (exact) mass is 744 g/mol. The Morgan fingerprint density at radius 2 is 0.870 bits per heavy atom. The van der Waals surface area contributed by atoms with Crippen molar-refractivity contribution in [2.24, 2.45) is 21.8 Å². The first-order chi connectivity index (χ1) is 25.1. The predicted octanol–water partition coefficient (Wildman–Crippen LogP) is 8.59. The summed E-state index contributed by atoms with van der Waals surface area (Å²) in [5.41, 5.74) is 1.60. The van der Waals surface area contributed by atoms with Gasteiger partial charge in [-0.15, -0.1) is 0 Å². The van der Waals surface area contributed by atoms with Gasteiger partial charge < -0.3 is 40.9 Å². The zero-order valence-electron chi connectivity index (χ0n) is 32.5. The van der Waals surface area contributed by atoms with Crippen LogP contribution in [0.4, 0.5) is 0 Å². The molecule has 4 aromatic carbocycles. The van der Waals surface area contributed by atoms with Crippen molar-refractivity contribution in [3.05, 3.63) is 45.5 Å². The van der Waals surface area contributed by atoms with E-state index in [0.717, 1.165) is 12.4 Å². The van der Waals surface area contributed by atoms with E-state index >= 15 is 0 Å². The molecule has 0 heterocycles. The van der Waals surface area contributed by atoms with Crippen LogP contribution in [0.5, 0.6) is 34.5 Å². The lowest BCUT2D eigenvalue weighted by Crippen LogP contribution is -2.20. The molecule has 0 saturated carbocycles. The second-order valence-electron chi connectivity index (χ2n) is 15.6. The van der Waals surface area contributed by atoms with E-state index in [1.165, 1.54) is 0 Å². The minimum Gasteiger partial charge on any atom is -0.507 e. The zero-order chi connectivity index (χ0) is 40.7. The Labute approximate surface area is 314 Å². The van der Waals surface area contributed by atoms with Crippen molar-refractivity contribution in [3.8, 4) is 45.6 Å². The number of benzene rings is 4. The van der Waals surface area contributed by atoms with E-state index < -0.39 is 58.5 Å². The van der Waals surface area contributed by atoms with Crippen LogP contribution in [0.2, 0.25) is 0 Å². The van der Waals surface area contributed by atoms with Gasteiger partial charge in [0.25, 0.3) is 0 Å². The molecule has 12 nitrogen and oxygen atoms in total. The molecule has 0 unspecified atom stereocenters. The number of nitrogens with zero attached hydrogens (tertiary/aromatic N) is 2. The third kappa shape index (κ3) is 7.60. The molecule has 0 fully saturated rings. The lowest BCUT2D eigenvalue weighted by molar-refractivity contribution is -0.139. The Kier molecular flexibility index (Phi) is 12.1. The normalized spacial score (nSPS) is 13.5. The van der Waals surface area contributed by atoms with Gasteiger partial charge >= 0.3 is 11.9 Å². The van der Waals surface area contributed by atoms with Gasteiger partial charge in [-0.25, -0.2) is 9.59 Å². The van der Waals surface area contributed by atoms with Crippen molar-refractivity contribution in [2.45, 2.75) is 106 Å². The summed E-state index contributed by atoms with van der Waals surface area (Å²) in [6, 6.07) is 1.04. The summed E-state index contributed by atoms with van der Waals surface area (Å²) in [6.45, 7) is 18.0. The first kappa shape index (κ1) is 41.2. The Balaban J connectivity index is 2.21. The van der Waals surface area contributed by atoms with Crippen molar-refractivity contribution in [3.63, 3.8) is 0 Å². The minimum atomic E-state index is -1.18. The molecule has 4 rings (SSSR count). The molecule has 0 bridgehead atoms. The molecule has 2 atom stereocenters. The minimum absolute atomic E-state index is 0.0236. The van der Waals surface area contributed by atoms with Crippen LogP contribution in [0.3, 0.4) is 0 Å². The lowest BCUT2D eigenvalue weighted by atomic mass is 9.83. The summed E-state index contributed by atoms with van der Waals surface area (Å²) in [5.74, 6) is -5.99. The number of fused-ring (bicyclic) bond motifs is 2. The van der Waals surface area contributed by atoms with Crippen LogP contribution in [0.15, 0.2) is 22.1 Å². The highest BCUT2D eigenvalue weighted by atomic mass is 16.4. The summed E-state index contributed by atoms with van der Waals surface area (Å²) in [7, 11) is 0. The van der Waals surface area contributed by atoms with Crippen LogP contribution < -0.4 is 0 Å². The van der Waals surface area contributed by atoms with Gasteiger partial charge in [0.2, 0.25) is 0 Å². The Hall–Kier alpha value is -5.52. The average Bonchev–Trinajstić information content (AvgIpc) is 3.04. The molecule has 0 aromatic heterocycles. The molecular weight excluding hydrogens is 692 g/mol. The second-order valence-corrected chi connectivity index (χ2v) is 15.6. The van der Waals surface area contributed by atoms with Gasteiger partial charge in [0.15, 0.2) is 23.0 Å². The van der Waals surface area contributed by atoms with Crippen molar-refractivity contribution >= 4 is 45.9 Å². The summed E-state index contributed by atoms with van der Waals surface area (Å²) in [5, 5.41) is 90.4. The molecule has 12 heteroatoms. The quantitative estimate of drug-likeness (QED) is 0.0481. The Morgan fingerprint density at radius 1 is 0.556 bits per heavy atom. The molecule has 0 saturated heterocycles. The van der Waals surface area contributed by atoms with E-state index in [1.807, 2.05) is 27.7 Å². The van der Waals surface area contributed by atoms with E-state index in [9.17, 15) is 50.4 Å². The maximum absolute atomic E-state index is 12.3. The van der Waals surface area contributed by atoms with Crippen LogP contribution >= 0.6 is 0 Å². The number of phenols is 6. The topological polar surface area (TPSA) is 221 Å². The fraction of sp³-hybridized carbons (Fsp3) is 0.429. The van der Waals surface area contributed by atoms with Gasteiger partial charge in [0, 0.05) is 56.6 Å². The Bertz CT molecular complexity index is 2040. The third-order valence-corrected chi connectivity index (χ3v) is 9.72. The van der Waals surface area contributed by atoms with Crippen molar-refractivity contribution < 1.29 is 50.4 Å². The van der Waals surface area contributed by atoms with E-state index in [1.54, 1.807) is 53.7 Å².